The van der Waals surface area contributed by atoms with Crippen LogP contribution < -0.4 is 10.6 Å². The predicted octanol–water partition coefficient (Wildman–Crippen LogP) is 8.29. The van der Waals surface area contributed by atoms with Gasteiger partial charge in [0, 0.05) is 5.56 Å². The second-order valence-corrected chi connectivity index (χ2v) is 13.6. The van der Waals surface area contributed by atoms with Crippen LogP contribution in [0.3, 0.4) is 0 Å². The number of aliphatic imine (C=N–C) groups is 1. The number of benzene rings is 3. The molecule has 2 fully saturated rings. The average molecular weight is 495 g/mol. The van der Waals surface area contributed by atoms with Crippen LogP contribution in [0, 0.1) is 0 Å². The second-order valence-electron chi connectivity index (χ2n) is 10.9. The molecule has 2 nitrogen and oxygen atoms in total. The highest BCUT2D eigenvalue weighted by Gasteiger charge is 2.37. The average Bonchev–Trinajstić information content (AvgIpc) is 3.41. The van der Waals surface area contributed by atoms with E-state index >= 15 is 0 Å². The van der Waals surface area contributed by atoms with Gasteiger partial charge < -0.3 is 5.32 Å². The summed E-state index contributed by atoms with van der Waals surface area (Å²) >= 11 is 0. The lowest BCUT2D eigenvalue weighted by molar-refractivity contribution is 0.487. The van der Waals surface area contributed by atoms with Crippen molar-refractivity contribution < 1.29 is 0 Å². The van der Waals surface area contributed by atoms with Crippen molar-refractivity contribution in [3.63, 3.8) is 0 Å². The van der Waals surface area contributed by atoms with Crippen LogP contribution >= 0.6 is 7.92 Å². The zero-order chi connectivity index (χ0) is 24.2. The first-order chi connectivity index (χ1) is 17.9. The molecule has 0 unspecified atom stereocenters. The molecule has 6 rings (SSSR count). The molecule has 2 aliphatic carbocycles. The van der Waals surface area contributed by atoms with Crippen LogP contribution in [-0.2, 0) is 0 Å². The highest BCUT2D eigenvalue weighted by molar-refractivity contribution is 7.67. The lowest BCUT2D eigenvalue weighted by Gasteiger charge is -2.39. The van der Waals surface area contributed by atoms with Gasteiger partial charge in [-0.15, -0.1) is 0 Å². The molecule has 3 aromatic carbocycles. The number of rotatable bonds is 6. The molecule has 0 radical (unpaired) electrons. The van der Waals surface area contributed by atoms with E-state index in [9.17, 15) is 0 Å². The van der Waals surface area contributed by atoms with E-state index in [1.54, 1.807) is 5.30 Å². The summed E-state index contributed by atoms with van der Waals surface area (Å²) in [6, 6.07) is 31.4. The maximum absolute atomic E-state index is 5.44. The summed E-state index contributed by atoms with van der Waals surface area (Å²) < 4.78 is 0. The van der Waals surface area contributed by atoms with Crippen molar-refractivity contribution in [1.82, 2.24) is 5.32 Å². The molecule has 36 heavy (non-hydrogen) atoms. The highest BCUT2D eigenvalue weighted by atomic mass is 31.1. The summed E-state index contributed by atoms with van der Waals surface area (Å²) in [6.07, 6.45) is 14.2. The first kappa shape index (κ1) is 23.9. The molecule has 3 aromatic rings. The fourth-order valence-electron chi connectivity index (χ4n) is 6.78. The van der Waals surface area contributed by atoms with E-state index in [2.05, 4.69) is 90.2 Å². The molecule has 0 amide bonds. The number of nitrogens with zero attached hydrogens (tertiary/aromatic N) is 1. The molecule has 1 heterocycles. The topological polar surface area (TPSA) is 24.4 Å². The molecule has 1 aliphatic heterocycles. The maximum atomic E-state index is 5.44. The van der Waals surface area contributed by atoms with Gasteiger partial charge in [-0.1, -0.05) is 131 Å². The van der Waals surface area contributed by atoms with E-state index < -0.39 is 0 Å². The van der Waals surface area contributed by atoms with Crippen LogP contribution in [0.5, 0.6) is 0 Å². The third kappa shape index (κ3) is 5.03. The molecule has 2 atom stereocenters. The van der Waals surface area contributed by atoms with Crippen LogP contribution in [-0.4, -0.2) is 17.2 Å². The summed E-state index contributed by atoms with van der Waals surface area (Å²) in [5.41, 5.74) is 5.74. The van der Waals surface area contributed by atoms with Crippen molar-refractivity contribution in [2.75, 3.05) is 0 Å². The normalized spacial score (nSPS) is 23.4. The van der Waals surface area contributed by atoms with Gasteiger partial charge in [-0.2, -0.15) is 0 Å². The number of hydrogen-bond donors (Lipinski definition) is 1. The lowest BCUT2D eigenvalue weighted by atomic mass is 9.95. The fraction of sp³-hybridized carbons (Fsp3) is 0.424. The quantitative estimate of drug-likeness (QED) is 0.343. The molecule has 186 valence electrons. The Morgan fingerprint density at radius 2 is 1.11 bits per heavy atom. The Kier molecular flexibility index (Phi) is 7.51. The van der Waals surface area contributed by atoms with Crippen molar-refractivity contribution in [2.24, 2.45) is 4.99 Å². The van der Waals surface area contributed by atoms with Crippen LogP contribution in [0.2, 0.25) is 0 Å². The summed E-state index contributed by atoms with van der Waals surface area (Å²) in [7, 11) is -0.187. The molecular weight excluding hydrogens is 455 g/mol. The monoisotopic (exact) mass is 494 g/mol. The van der Waals surface area contributed by atoms with Gasteiger partial charge in [0.1, 0.15) is 11.9 Å². The van der Waals surface area contributed by atoms with Crippen molar-refractivity contribution in [2.45, 2.75) is 87.6 Å². The maximum Gasteiger partial charge on any atom is 0.130 e. The van der Waals surface area contributed by atoms with Crippen LogP contribution in [0.25, 0.3) is 0 Å². The Balaban J connectivity index is 1.40. The molecule has 3 heteroatoms. The van der Waals surface area contributed by atoms with Crippen LogP contribution in [0.1, 0.15) is 93.0 Å². The first-order valence-corrected chi connectivity index (χ1v) is 15.7. The second kappa shape index (κ2) is 11.3. The van der Waals surface area contributed by atoms with Gasteiger partial charge in [-0.25, -0.2) is 0 Å². The smallest absolute Gasteiger partial charge is 0.130 e. The van der Waals surface area contributed by atoms with Gasteiger partial charge in [0.2, 0.25) is 0 Å². The van der Waals surface area contributed by atoms with Gasteiger partial charge in [-0.3, -0.25) is 4.99 Å². The minimum absolute atomic E-state index is 0.0900. The third-order valence-electron chi connectivity index (χ3n) is 8.55. The molecule has 1 N–H and O–H groups in total. The molecule has 0 aromatic heterocycles. The standard InChI is InChI=1S/C33H39N2P/c1-5-15-25(16-6-1)31-32(26-17-7-2-8-18-26)35-33(34-31)29-23-13-14-24-30(29)36(27-19-9-3-10-20-27)28-21-11-4-12-22-28/h1-2,5-8,13-18,23-24,27-28,31-32H,3-4,9-12,19-22H2,(H,34,35)/t31-,32-/m1/s1. The third-order valence-corrected chi connectivity index (χ3v) is 12.1. The number of nitrogens with one attached hydrogen (secondary N) is 1. The van der Waals surface area contributed by atoms with Crippen molar-refractivity contribution >= 4 is 19.1 Å². The molecule has 3 aliphatic rings. The Labute approximate surface area is 218 Å². The Morgan fingerprint density at radius 3 is 1.72 bits per heavy atom. The zero-order valence-corrected chi connectivity index (χ0v) is 22.3. The van der Waals surface area contributed by atoms with Crippen molar-refractivity contribution in [1.29, 1.82) is 0 Å². The van der Waals surface area contributed by atoms with E-state index in [1.165, 1.54) is 80.9 Å². The van der Waals surface area contributed by atoms with Crippen LogP contribution in [0.4, 0.5) is 0 Å². The lowest BCUT2D eigenvalue weighted by Crippen LogP contribution is -2.32. The number of amidine groups is 1. The van der Waals surface area contributed by atoms with Gasteiger partial charge in [-0.05, 0) is 53.4 Å². The minimum atomic E-state index is -0.187. The zero-order valence-electron chi connectivity index (χ0n) is 21.4. The molecule has 0 spiro atoms. The molecule has 2 saturated carbocycles. The minimum Gasteiger partial charge on any atom is -0.361 e. The highest BCUT2D eigenvalue weighted by Crippen LogP contribution is 2.55. The Hall–Kier alpha value is -2.44. The molecular formula is C33H39N2P. The predicted molar refractivity (Wildman–Crippen MR) is 155 cm³/mol. The summed E-state index contributed by atoms with van der Waals surface area (Å²) in [5, 5.41) is 5.56. The van der Waals surface area contributed by atoms with E-state index in [1.807, 2.05) is 0 Å². The summed E-state index contributed by atoms with van der Waals surface area (Å²) in [4.78, 5) is 5.44. The van der Waals surface area contributed by atoms with E-state index in [-0.39, 0.29) is 20.0 Å². The van der Waals surface area contributed by atoms with Crippen molar-refractivity contribution in [3.8, 4) is 0 Å². The Morgan fingerprint density at radius 1 is 0.583 bits per heavy atom. The Bertz CT molecular complexity index is 1130. The van der Waals surface area contributed by atoms with E-state index in [0.29, 0.717) is 0 Å². The van der Waals surface area contributed by atoms with Gasteiger partial charge in [0.15, 0.2) is 0 Å². The summed E-state index contributed by atoms with van der Waals surface area (Å²) in [6.45, 7) is 0. The largest absolute Gasteiger partial charge is 0.361 e. The van der Waals surface area contributed by atoms with Gasteiger partial charge in [0.25, 0.3) is 0 Å². The van der Waals surface area contributed by atoms with Crippen molar-refractivity contribution in [3.05, 3.63) is 102 Å². The molecule has 0 saturated heterocycles. The first-order valence-electron chi connectivity index (χ1n) is 14.2. The SMILES string of the molecule is c1ccc([C@H]2N=C(c3ccccc3P(C3CCCCC3)C3CCCCC3)N[C@@H]2c2ccccc2)cc1. The van der Waals surface area contributed by atoms with Gasteiger partial charge in [0.05, 0.1) is 6.04 Å². The van der Waals surface area contributed by atoms with E-state index in [4.69, 9.17) is 4.99 Å². The van der Waals surface area contributed by atoms with E-state index in [0.717, 1.165) is 17.2 Å². The van der Waals surface area contributed by atoms with Gasteiger partial charge >= 0.3 is 0 Å². The summed E-state index contributed by atoms with van der Waals surface area (Å²) in [5.74, 6) is 1.10. The van der Waals surface area contributed by atoms with Crippen LogP contribution in [0.15, 0.2) is 89.9 Å². The number of hydrogen-bond acceptors (Lipinski definition) is 2. The molecule has 0 bridgehead atoms. The fourth-order valence-corrected chi connectivity index (χ4v) is 10.7.